The van der Waals surface area contributed by atoms with Gasteiger partial charge in [-0.1, -0.05) is 19.4 Å². The number of rotatable bonds is 6. The number of unbranched alkanes of at least 4 members (excludes halogenated alkanes) is 1. The molecule has 0 aliphatic carbocycles. The van der Waals surface area contributed by atoms with Gasteiger partial charge >= 0.3 is 0 Å². The van der Waals surface area contributed by atoms with Crippen molar-refractivity contribution in [3.05, 3.63) is 47.9 Å². The molecule has 5 nitrogen and oxygen atoms in total. The maximum absolute atomic E-state index is 12.6. The van der Waals surface area contributed by atoms with E-state index in [1.807, 2.05) is 23.1 Å². The Kier molecular flexibility index (Phi) is 4.32. The van der Waals surface area contributed by atoms with Crippen molar-refractivity contribution in [3.63, 3.8) is 0 Å². The lowest BCUT2D eigenvalue weighted by atomic mass is 10.1. The van der Waals surface area contributed by atoms with Gasteiger partial charge in [-0.25, -0.2) is 0 Å². The third kappa shape index (κ3) is 3.08. The van der Waals surface area contributed by atoms with Crippen LogP contribution in [0, 0.1) is 0 Å². The van der Waals surface area contributed by atoms with Crippen LogP contribution in [0.3, 0.4) is 0 Å². The fraction of sp³-hybridized carbons (Fsp3) is 0.353. The van der Waals surface area contributed by atoms with Gasteiger partial charge in [0.2, 0.25) is 6.79 Å². The van der Waals surface area contributed by atoms with Crippen molar-refractivity contribution in [1.29, 1.82) is 0 Å². The van der Waals surface area contributed by atoms with Crippen LogP contribution in [-0.4, -0.2) is 24.1 Å². The Hall–Kier alpha value is -2.43. The Morgan fingerprint density at radius 3 is 2.86 bits per heavy atom. The van der Waals surface area contributed by atoms with Gasteiger partial charge in [0.05, 0.1) is 11.8 Å². The van der Waals surface area contributed by atoms with Crippen LogP contribution in [-0.2, 0) is 6.54 Å². The first-order chi connectivity index (χ1) is 10.8. The Morgan fingerprint density at radius 2 is 2.09 bits per heavy atom. The molecule has 22 heavy (non-hydrogen) atoms. The van der Waals surface area contributed by atoms with E-state index in [0.29, 0.717) is 12.1 Å². The van der Waals surface area contributed by atoms with Gasteiger partial charge in [0.1, 0.15) is 6.26 Å². The summed E-state index contributed by atoms with van der Waals surface area (Å²) in [6.45, 7) is 3.63. The van der Waals surface area contributed by atoms with Crippen molar-refractivity contribution in [2.24, 2.45) is 0 Å². The summed E-state index contributed by atoms with van der Waals surface area (Å²) in [5, 5.41) is 0. The number of furan rings is 1. The summed E-state index contributed by atoms with van der Waals surface area (Å²) in [4.78, 5) is 14.4. The van der Waals surface area contributed by atoms with Crippen LogP contribution in [0.5, 0.6) is 11.5 Å². The SMILES string of the molecule is CCCCN(Cc1ccc2c(c1)OCO2)C(=O)c1ccoc1. The molecule has 0 fully saturated rings. The lowest BCUT2D eigenvalue weighted by molar-refractivity contribution is 0.0740. The first kappa shape index (κ1) is 14.5. The molecular weight excluding hydrogens is 282 g/mol. The molecule has 1 aromatic carbocycles. The van der Waals surface area contributed by atoms with Crippen LogP contribution in [0.2, 0.25) is 0 Å². The van der Waals surface area contributed by atoms with Gasteiger partial charge in [-0.05, 0) is 30.2 Å². The third-order valence-corrected chi connectivity index (χ3v) is 3.65. The van der Waals surface area contributed by atoms with Gasteiger partial charge in [0, 0.05) is 13.1 Å². The molecule has 0 atom stereocenters. The Bertz CT molecular complexity index is 636. The molecular formula is C17H19NO4. The summed E-state index contributed by atoms with van der Waals surface area (Å²) < 4.78 is 15.7. The molecule has 0 bridgehead atoms. The number of hydrogen-bond acceptors (Lipinski definition) is 4. The van der Waals surface area contributed by atoms with Gasteiger partial charge in [0.15, 0.2) is 11.5 Å². The van der Waals surface area contributed by atoms with E-state index in [1.165, 1.54) is 12.5 Å². The molecule has 0 unspecified atom stereocenters. The molecule has 1 aliphatic rings. The normalized spacial score (nSPS) is 12.4. The van der Waals surface area contributed by atoms with Crippen molar-refractivity contribution in [2.75, 3.05) is 13.3 Å². The second-order valence-electron chi connectivity index (χ2n) is 5.28. The first-order valence-corrected chi connectivity index (χ1v) is 7.48. The number of fused-ring (bicyclic) bond motifs is 1. The minimum Gasteiger partial charge on any atom is -0.472 e. The Morgan fingerprint density at radius 1 is 1.23 bits per heavy atom. The molecule has 2 heterocycles. The van der Waals surface area contributed by atoms with E-state index in [1.54, 1.807) is 6.07 Å². The van der Waals surface area contributed by atoms with Crippen LogP contribution >= 0.6 is 0 Å². The largest absolute Gasteiger partial charge is 0.472 e. The van der Waals surface area contributed by atoms with Crippen molar-refractivity contribution in [3.8, 4) is 11.5 Å². The van der Waals surface area contributed by atoms with Crippen molar-refractivity contribution < 1.29 is 18.7 Å². The second-order valence-corrected chi connectivity index (χ2v) is 5.28. The molecule has 1 aromatic heterocycles. The molecule has 0 saturated heterocycles. The van der Waals surface area contributed by atoms with E-state index in [-0.39, 0.29) is 12.7 Å². The van der Waals surface area contributed by atoms with Gasteiger partial charge in [0.25, 0.3) is 5.91 Å². The number of ether oxygens (including phenoxy) is 2. The zero-order valence-corrected chi connectivity index (χ0v) is 12.6. The Balaban J connectivity index is 1.76. The van der Waals surface area contributed by atoms with Gasteiger partial charge in [-0.3, -0.25) is 4.79 Å². The number of amides is 1. The summed E-state index contributed by atoms with van der Waals surface area (Å²) >= 11 is 0. The highest BCUT2D eigenvalue weighted by Gasteiger charge is 2.19. The maximum atomic E-state index is 12.6. The highest BCUT2D eigenvalue weighted by atomic mass is 16.7. The summed E-state index contributed by atoms with van der Waals surface area (Å²) in [7, 11) is 0. The van der Waals surface area contributed by atoms with E-state index in [0.717, 1.165) is 36.4 Å². The molecule has 1 amide bonds. The zero-order chi connectivity index (χ0) is 15.4. The molecule has 2 aromatic rings. The number of hydrogen-bond donors (Lipinski definition) is 0. The first-order valence-electron chi connectivity index (χ1n) is 7.48. The van der Waals surface area contributed by atoms with Gasteiger partial charge < -0.3 is 18.8 Å². The highest BCUT2D eigenvalue weighted by molar-refractivity contribution is 5.93. The lowest BCUT2D eigenvalue weighted by Crippen LogP contribution is -2.31. The minimum absolute atomic E-state index is 0.0140. The Labute approximate surface area is 129 Å². The summed E-state index contributed by atoms with van der Waals surface area (Å²) in [5.41, 5.74) is 1.61. The predicted octanol–water partition coefficient (Wildman–Crippen LogP) is 3.45. The lowest BCUT2D eigenvalue weighted by Gasteiger charge is -2.22. The maximum Gasteiger partial charge on any atom is 0.257 e. The van der Waals surface area contributed by atoms with Gasteiger partial charge in [-0.2, -0.15) is 0 Å². The topological polar surface area (TPSA) is 51.9 Å². The average molecular weight is 301 g/mol. The molecule has 116 valence electrons. The van der Waals surface area contributed by atoms with E-state index in [4.69, 9.17) is 13.9 Å². The van der Waals surface area contributed by atoms with Crippen LogP contribution in [0.4, 0.5) is 0 Å². The molecule has 0 radical (unpaired) electrons. The summed E-state index contributed by atoms with van der Waals surface area (Å²) in [6.07, 6.45) is 5.01. The number of benzene rings is 1. The number of carbonyl (C=O) groups excluding carboxylic acids is 1. The van der Waals surface area contributed by atoms with Crippen molar-refractivity contribution in [2.45, 2.75) is 26.3 Å². The monoisotopic (exact) mass is 301 g/mol. The minimum atomic E-state index is -0.0140. The summed E-state index contributed by atoms with van der Waals surface area (Å²) in [6, 6.07) is 7.48. The fourth-order valence-electron chi connectivity index (χ4n) is 2.43. The second kappa shape index (κ2) is 6.56. The van der Waals surface area contributed by atoms with Crippen LogP contribution in [0.25, 0.3) is 0 Å². The van der Waals surface area contributed by atoms with E-state index in [9.17, 15) is 4.79 Å². The highest BCUT2D eigenvalue weighted by Crippen LogP contribution is 2.32. The standard InChI is InChI=1S/C17H19NO4/c1-2-3-7-18(17(19)14-6-8-20-11-14)10-13-4-5-15-16(9-13)22-12-21-15/h4-6,8-9,11H,2-3,7,10,12H2,1H3. The van der Waals surface area contributed by atoms with Crippen LogP contribution < -0.4 is 9.47 Å². The van der Waals surface area contributed by atoms with E-state index in [2.05, 4.69) is 6.92 Å². The smallest absolute Gasteiger partial charge is 0.257 e. The van der Waals surface area contributed by atoms with Crippen molar-refractivity contribution in [1.82, 2.24) is 4.90 Å². The number of carbonyl (C=O) groups is 1. The quantitative estimate of drug-likeness (QED) is 0.820. The molecule has 5 heteroatoms. The zero-order valence-electron chi connectivity index (χ0n) is 12.6. The molecule has 0 spiro atoms. The molecule has 0 saturated carbocycles. The number of nitrogens with zero attached hydrogens (tertiary/aromatic N) is 1. The average Bonchev–Trinajstić information content (AvgIpc) is 3.21. The van der Waals surface area contributed by atoms with Crippen LogP contribution in [0.15, 0.2) is 41.2 Å². The fourth-order valence-corrected chi connectivity index (χ4v) is 2.43. The van der Waals surface area contributed by atoms with E-state index >= 15 is 0 Å². The summed E-state index contributed by atoms with van der Waals surface area (Å²) in [5.74, 6) is 1.48. The molecule has 0 N–H and O–H groups in total. The van der Waals surface area contributed by atoms with E-state index < -0.39 is 0 Å². The molecule has 1 aliphatic heterocycles. The third-order valence-electron chi connectivity index (χ3n) is 3.65. The van der Waals surface area contributed by atoms with Crippen molar-refractivity contribution >= 4 is 5.91 Å². The van der Waals surface area contributed by atoms with Gasteiger partial charge in [-0.15, -0.1) is 0 Å². The van der Waals surface area contributed by atoms with Crippen LogP contribution in [0.1, 0.15) is 35.7 Å². The predicted molar refractivity (Wildman–Crippen MR) is 80.9 cm³/mol. The molecule has 3 rings (SSSR count).